The largest absolute Gasteiger partial charge is 0.636 e. The molecular weight excluding hydrogens is 447 g/mol. The van der Waals surface area contributed by atoms with Crippen molar-refractivity contribution < 1.29 is 28.4 Å². The third-order valence-corrected chi connectivity index (χ3v) is 6.06. The predicted molar refractivity (Wildman–Crippen MR) is 129 cm³/mol. The third kappa shape index (κ3) is 5.15. The average molecular weight is 472 g/mol. The number of aryl methyl sites for hydroxylation is 1. The van der Waals surface area contributed by atoms with E-state index in [4.69, 9.17) is 18.8 Å². The lowest BCUT2D eigenvalue weighted by Crippen LogP contribution is -2.47. The molecule has 35 heavy (non-hydrogen) atoms. The second-order valence-electron chi connectivity index (χ2n) is 8.71. The maximum atomic E-state index is 12.0. The molecule has 0 spiro atoms. The molecule has 1 aliphatic carbocycles. The maximum Gasteiger partial charge on any atom is 0.636 e. The zero-order valence-corrected chi connectivity index (χ0v) is 19.6. The first-order chi connectivity index (χ1) is 17.0. The molecule has 1 saturated heterocycles. The molecule has 0 N–H and O–H groups in total. The Bertz CT molecular complexity index is 1230. The Hall–Kier alpha value is -3.85. The zero-order chi connectivity index (χ0) is 24.4. The lowest BCUT2D eigenvalue weighted by Gasteiger charge is -2.22. The van der Waals surface area contributed by atoms with Gasteiger partial charge in [-0.05, 0) is 62.7 Å². The summed E-state index contributed by atoms with van der Waals surface area (Å²) in [4.78, 5) is 29.9. The van der Waals surface area contributed by atoms with Crippen LogP contribution in [-0.2, 0) is 25.3 Å². The number of ether oxygens (including phenoxy) is 2. The Labute approximate surface area is 203 Å². The molecule has 1 aliphatic heterocycles. The molecule has 1 fully saturated rings. The minimum Gasteiger partial charge on any atom is -0.494 e. The van der Waals surface area contributed by atoms with Gasteiger partial charge in [0.15, 0.2) is 0 Å². The normalized spacial score (nSPS) is 18.2. The lowest BCUT2D eigenvalue weighted by molar-refractivity contribution is -0.145. The molecule has 5 rings (SSSR count). The Morgan fingerprint density at radius 1 is 0.971 bits per heavy atom. The summed E-state index contributed by atoms with van der Waals surface area (Å²) in [5.74, 6) is 1.32. The van der Waals surface area contributed by atoms with E-state index in [1.165, 1.54) is 0 Å². The third-order valence-electron chi connectivity index (χ3n) is 6.06. The molecule has 0 amide bonds. The van der Waals surface area contributed by atoms with Crippen molar-refractivity contribution in [3.63, 3.8) is 0 Å². The number of benzene rings is 2. The number of carbonyl (C=O) groups is 2. The quantitative estimate of drug-likeness (QED) is 0.524. The van der Waals surface area contributed by atoms with Crippen molar-refractivity contribution in [3.8, 4) is 17.2 Å². The molecule has 0 unspecified atom stereocenters. The standard InChI is InChI=1S/C26H25BN2O6/c1-17-22(7-4-14-28-17)33-23-6-3-5-20-21(23)12-13-24(20)32-19-10-8-18(9-11-19)27-34-25(30)15-29(2)16-26(31)35-27/h3-11,14,24H,12-13,15-16H2,1-2H3/t24-/m1/s1. The minimum atomic E-state index is -1.07. The van der Waals surface area contributed by atoms with Crippen molar-refractivity contribution in [2.45, 2.75) is 25.9 Å². The van der Waals surface area contributed by atoms with Gasteiger partial charge in [0.05, 0.1) is 18.8 Å². The summed E-state index contributed by atoms with van der Waals surface area (Å²) < 4.78 is 23.1. The number of nitrogens with zero attached hydrogens (tertiary/aromatic N) is 2. The maximum absolute atomic E-state index is 12.0. The smallest absolute Gasteiger partial charge is 0.494 e. The second-order valence-corrected chi connectivity index (χ2v) is 8.71. The summed E-state index contributed by atoms with van der Waals surface area (Å²) in [6.07, 6.45) is 3.31. The van der Waals surface area contributed by atoms with Gasteiger partial charge in [-0.2, -0.15) is 0 Å². The van der Waals surface area contributed by atoms with Crippen molar-refractivity contribution in [3.05, 3.63) is 77.6 Å². The molecule has 0 bridgehead atoms. The predicted octanol–water partition coefficient (Wildman–Crippen LogP) is 2.98. The van der Waals surface area contributed by atoms with Crippen molar-refractivity contribution in [2.24, 2.45) is 0 Å². The second kappa shape index (κ2) is 9.80. The topological polar surface area (TPSA) is 87.2 Å². The van der Waals surface area contributed by atoms with Gasteiger partial charge >= 0.3 is 19.1 Å². The number of hydrogen-bond donors (Lipinski definition) is 0. The van der Waals surface area contributed by atoms with Crippen LogP contribution >= 0.6 is 0 Å². The molecule has 8 nitrogen and oxygen atoms in total. The van der Waals surface area contributed by atoms with E-state index in [2.05, 4.69) is 11.1 Å². The van der Waals surface area contributed by atoms with Crippen molar-refractivity contribution in [1.29, 1.82) is 0 Å². The van der Waals surface area contributed by atoms with Crippen molar-refractivity contribution >= 4 is 24.5 Å². The monoisotopic (exact) mass is 472 g/mol. The molecule has 0 radical (unpaired) electrons. The SMILES string of the molecule is Cc1ncccc1Oc1cccc2c1CC[C@H]2Oc1ccc(B2OC(=O)CN(C)CC(=O)O2)cc1. The van der Waals surface area contributed by atoms with E-state index in [1.807, 2.05) is 31.2 Å². The van der Waals surface area contributed by atoms with Crippen LogP contribution in [0.25, 0.3) is 0 Å². The summed E-state index contributed by atoms with van der Waals surface area (Å²) in [7, 11) is 0.589. The Morgan fingerprint density at radius 3 is 2.40 bits per heavy atom. The van der Waals surface area contributed by atoms with Crippen LogP contribution in [0, 0.1) is 6.92 Å². The van der Waals surface area contributed by atoms with Gasteiger partial charge in [0.25, 0.3) is 0 Å². The molecule has 1 aromatic heterocycles. The molecule has 9 heteroatoms. The molecular formula is C26H25BN2O6. The zero-order valence-electron chi connectivity index (χ0n) is 19.6. The highest BCUT2D eigenvalue weighted by atomic mass is 16.6. The first-order valence-corrected chi connectivity index (χ1v) is 11.5. The summed E-state index contributed by atoms with van der Waals surface area (Å²) in [6.45, 7) is 1.98. The van der Waals surface area contributed by atoms with Crippen LogP contribution in [0.15, 0.2) is 60.8 Å². The van der Waals surface area contributed by atoms with E-state index >= 15 is 0 Å². The highest BCUT2D eigenvalue weighted by molar-refractivity contribution is 6.64. The van der Waals surface area contributed by atoms with Crippen LogP contribution in [0.4, 0.5) is 0 Å². The van der Waals surface area contributed by atoms with E-state index < -0.39 is 19.1 Å². The Kier molecular flexibility index (Phi) is 6.42. The number of rotatable bonds is 5. The molecule has 2 heterocycles. The fraction of sp³-hybridized carbons (Fsp3) is 0.269. The van der Waals surface area contributed by atoms with Gasteiger partial charge in [-0.1, -0.05) is 24.3 Å². The highest BCUT2D eigenvalue weighted by Crippen LogP contribution is 2.41. The number of carbonyl (C=O) groups excluding carboxylic acids is 2. The Balaban J connectivity index is 1.29. The molecule has 1 atom stereocenters. The van der Waals surface area contributed by atoms with E-state index in [-0.39, 0.29) is 19.2 Å². The van der Waals surface area contributed by atoms with Crippen LogP contribution in [0.5, 0.6) is 17.2 Å². The van der Waals surface area contributed by atoms with E-state index in [1.54, 1.807) is 42.4 Å². The fourth-order valence-electron chi connectivity index (χ4n) is 4.33. The van der Waals surface area contributed by atoms with Crippen LogP contribution < -0.4 is 14.9 Å². The highest BCUT2D eigenvalue weighted by Gasteiger charge is 2.34. The Morgan fingerprint density at radius 2 is 1.69 bits per heavy atom. The molecule has 0 saturated carbocycles. The van der Waals surface area contributed by atoms with Gasteiger partial charge in [-0.3, -0.25) is 19.5 Å². The van der Waals surface area contributed by atoms with Gasteiger partial charge in [-0.25, -0.2) is 0 Å². The summed E-state index contributed by atoms with van der Waals surface area (Å²) in [5, 5.41) is 0. The number of hydrogen-bond acceptors (Lipinski definition) is 8. The van der Waals surface area contributed by atoms with Gasteiger partial charge < -0.3 is 18.8 Å². The van der Waals surface area contributed by atoms with E-state index in [0.717, 1.165) is 41.2 Å². The van der Waals surface area contributed by atoms with E-state index in [9.17, 15) is 9.59 Å². The lowest BCUT2D eigenvalue weighted by atomic mass is 9.78. The summed E-state index contributed by atoms with van der Waals surface area (Å²) in [5.41, 5.74) is 3.64. The number of likely N-dealkylation sites (N-methyl/N-ethyl adjacent to an activating group) is 1. The molecule has 178 valence electrons. The minimum absolute atomic E-state index is 0.0277. The van der Waals surface area contributed by atoms with Gasteiger partial charge in [0, 0.05) is 17.2 Å². The van der Waals surface area contributed by atoms with Gasteiger partial charge in [0.2, 0.25) is 0 Å². The number of fused-ring (bicyclic) bond motifs is 1. The van der Waals surface area contributed by atoms with Crippen molar-refractivity contribution in [2.75, 3.05) is 20.1 Å². The summed E-state index contributed by atoms with van der Waals surface area (Å²) in [6, 6.07) is 16.8. The first-order valence-electron chi connectivity index (χ1n) is 11.5. The molecule has 2 aliphatic rings. The number of aromatic nitrogens is 1. The van der Waals surface area contributed by atoms with E-state index in [0.29, 0.717) is 11.2 Å². The van der Waals surface area contributed by atoms with Gasteiger partial charge in [0.1, 0.15) is 23.4 Å². The molecule has 2 aromatic carbocycles. The van der Waals surface area contributed by atoms with Crippen LogP contribution in [0.3, 0.4) is 0 Å². The number of pyridine rings is 1. The first kappa shape index (κ1) is 22.9. The van der Waals surface area contributed by atoms with Gasteiger partial charge in [-0.15, -0.1) is 0 Å². The van der Waals surface area contributed by atoms with Crippen LogP contribution in [0.2, 0.25) is 0 Å². The summed E-state index contributed by atoms with van der Waals surface area (Å²) >= 11 is 0. The van der Waals surface area contributed by atoms with Crippen molar-refractivity contribution in [1.82, 2.24) is 9.88 Å². The molecule has 3 aromatic rings. The fourth-order valence-corrected chi connectivity index (χ4v) is 4.33. The van der Waals surface area contributed by atoms with Crippen LogP contribution in [0.1, 0.15) is 29.3 Å². The average Bonchev–Trinajstić information content (AvgIpc) is 3.23. The van der Waals surface area contributed by atoms with Crippen LogP contribution in [-0.4, -0.2) is 49.1 Å².